The first-order valence-corrected chi connectivity index (χ1v) is 10.0. The van der Waals surface area contributed by atoms with Gasteiger partial charge in [-0.1, -0.05) is 57.2 Å². The Morgan fingerprint density at radius 3 is 2.43 bits per heavy atom. The first-order valence-electron chi connectivity index (χ1n) is 10.0. The second kappa shape index (κ2) is 6.90. The predicted octanol–water partition coefficient (Wildman–Crippen LogP) is 3.55. The van der Waals surface area contributed by atoms with E-state index in [0.29, 0.717) is 5.56 Å². The highest BCUT2D eigenvalue weighted by atomic mass is 19.1. The molecule has 0 saturated carbocycles. The van der Waals surface area contributed by atoms with Crippen LogP contribution >= 0.6 is 0 Å². The number of halogens is 1. The van der Waals surface area contributed by atoms with Crippen LogP contribution in [0.1, 0.15) is 49.4 Å². The molecule has 1 fully saturated rings. The number of hydrogen-bond donors (Lipinski definition) is 1. The fourth-order valence-corrected chi connectivity index (χ4v) is 5.03. The summed E-state index contributed by atoms with van der Waals surface area (Å²) in [6, 6.07) is 17.0. The monoisotopic (exact) mass is 400 g/mol. The Hall–Kier alpha value is -3.28. The lowest BCUT2D eigenvalue weighted by Crippen LogP contribution is -3.12. The molecule has 2 aromatic carbocycles. The molecule has 1 N–H and O–H groups in total. The summed E-state index contributed by atoms with van der Waals surface area (Å²) in [5.74, 6) is -1.26. The molecule has 0 aliphatic carbocycles. The number of nitrogens with zero attached hydrogens (tertiary/aromatic N) is 2. The molecule has 4 atom stereocenters. The average Bonchev–Trinajstić information content (AvgIpc) is 3.03. The molecular weight excluding hydrogens is 377 g/mol. The van der Waals surface area contributed by atoms with E-state index in [4.69, 9.17) is 0 Å². The minimum Gasteiger partial charge on any atom is -0.292 e. The number of hydrogen-bond acceptors (Lipinski definition) is 3. The van der Waals surface area contributed by atoms with E-state index in [1.54, 1.807) is 12.1 Å². The Morgan fingerprint density at radius 2 is 1.80 bits per heavy atom. The molecule has 0 radical (unpaired) electrons. The maximum atomic E-state index is 14.2. The molecule has 5 heteroatoms. The van der Waals surface area contributed by atoms with Crippen molar-refractivity contribution in [3.05, 3.63) is 77.2 Å². The number of fused-ring (bicyclic) bond motifs is 3. The normalized spacial score (nSPS) is 26.2. The van der Waals surface area contributed by atoms with Crippen molar-refractivity contribution in [2.45, 2.75) is 38.8 Å². The molecule has 1 saturated heterocycles. The summed E-state index contributed by atoms with van der Waals surface area (Å²) >= 11 is 0. The van der Waals surface area contributed by atoms with Crippen LogP contribution < -0.4 is 4.90 Å². The highest BCUT2D eigenvalue weighted by Crippen LogP contribution is 2.52. The number of quaternary nitrogens is 1. The number of rotatable bonds is 2. The first-order chi connectivity index (χ1) is 14.2. The molecule has 1 unspecified atom stereocenters. The van der Waals surface area contributed by atoms with Crippen LogP contribution in [0.3, 0.4) is 0 Å². The summed E-state index contributed by atoms with van der Waals surface area (Å²) in [4.78, 5) is 14.4. The largest absolute Gasteiger partial charge is 0.292 e. The van der Waals surface area contributed by atoms with Gasteiger partial charge in [0.2, 0.25) is 5.41 Å². The van der Waals surface area contributed by atoms with Gasteiger partial charge >= 0.3 is 0 Å². The lowest BCUT2D eigenvalue weighted by molar-refractivity contribution is -0.885. The van der Waals surface area contributed by atoms with Gasteiger partial charge in [-0.15, -0.1) is 0 Å². The van der Waals surface area contributed by atoms with E-state index in [1.807, 2.05) is 57.3 Å². The zero-order valence-corrected chi connectivity index (χ0v) is 17.2. The Morgan fingerprint density at radius 1 is 1.10 bits per heavy atom. The summed E-state index contributed by atoms with van der Waals surface area (Å²) in [7, 11) is 0. The lowest BCUT2D eigenvalue weighted by atomic mass is 9.66. The van der Waals surface area contributed by atoms with Crippen molar-refractivity contribution in [3.63, 3.8) is 0 Å². The van der Waals surface area contributed by atoms with E-state index in [1.165, 1.54) is 12.1 Å². The van der Waals surface area contributed by atoms with Crippen molar-refractivity contribution in [2.24, 2.45) is 10.8 Å². The topological polar surface area (TPSA) is 69.1 Å². The maximum absolute atomic E-state index is 14.2. The number of carbonyl (C=O) groups is 1. The number of nitrogens with one attached hydrogen (secondary N) is 1. The van der Waals surface area contributed by atoms with Gasteiger partial charge in [-0.2, -0.15) is 10.5 Å². The SMILES string of the molecule is CC(C)(C)C(=O)[C@@H]1[C@@H](c2cccc(F)c2)C(C#N)(C#N)[C@@H]2c3ccccc3C=C[NH+]12. The molecule has 2 aromatic rings. The third-order valence-corrected chi connectivity index (χ3v) is 6.33. The Kier molecular flexibility index (Phi) is 4.60. The number of ketones is 1. The highest BCUT2D eigenvalue weighted by Gasteiger charge is 2.68. The van der Waals surface area contributed by atoms with E-state index in [9.17, 15) is 19.7 Å². The zero-order chi connectivity index (χ0) is 21.7. The fourth-order valence-electron chi connectivity index (χ4n) is 5.03. The van der Waals surface area contributed by atoms with E-state index < -0.39 is 34.6 Å². The molecule has 4 rings (SSSR count). The van der Waals surface area contributed by atoms with Crippen LogP contribution in [-0.2, 0) is 4.79 Å². The predicted molar refractivity (Wildman–Crippen MR) is 110 cm³/mol. The second-order valence-electron chi connectivity index (χ2n) is 9.11. The van der Waals surface area contributed by atoms with E-state index in [2.05, 4.69) is 12.1 Å². The minimum atomic E-state index is -1.52. The standard InChI is InChI=1S/C25H22FN3O/c1-24(2,3)23(30)21-20(17-8-6-9-18(26)13-17)25(14-27,15-28)22-19-10-5-4-7-16(19)11-12-29(21)22/h4-13,20-22H,1-3H3/p+1/t20-,21+,22+/m1/s1. The van der Waals surface area contributed by atoms with Crippen molar-refractivity contribution in [2.75, 3.05) is 0 Å². The van der Waals surface area contributed by atoms with Crippen molar-refractivity contribution >= 4 is 11.9 Å². The minimum absolute atomic E-state index is 0.0480. The molecule has 0 amide bonds. The smallest absolute Gasteiger partial charge is 0.212 e. The second-order valence-corrected chi connectivity index (χ2v) is 9.11. The molecule has 30 heavy (non-hydrogen) atoms. The van der Waals surface area contributed by atoms with Gasteiger partial charge in [0.05, 0.1) is 24.3 Å². The number of nitriles is 2. The summed E-state index contributed by atoms with van der Waals surface area (Å²) in [6.07, 6.45) is 3.83. The van der Waals surface area contributed by atoms with Gasteiger partial charge in [0, 0.05) is 11.0 Å². The fraction of sp³-hybridized carbons (Fsp3) is 0.320. The third kappa shape index (κ3) is 2.78. The summed E-state index contributed by atoms with van der Waals surface area (Å²) in [5, 5.41) is 20.7. The summed E-state index contributed by atoms with van der Waals surface area (Å²) < 4.78 is 14.2. The average molecular weight is 400 g/mol. The van der Waals surface area contributed by atoms with Crippen LogP contribution in [0.2, 0.25) is 0 Å². The van der Waals surface area contributed by atoms with Crippen molar-refractivity contribution < 1.29 is 14.1 Å². The van der Waals surface area contributed by atoms with Crippen LogP contribution in [0, 0.1) is 39.3 Å². The molecule has 0 aromatic heterocycles. The Balaban J connectivity index is 2.03. The van der Waals surface area contributed by atoms with Gasteiger partial charge in [-0.3, -0.25) is 9.69 Å². The molecule has 2 aliphatic heterocycles. The zero-order valence-electron chi connectivity index (χ0n) is 17.2. The molecule has 0 spiro atoms. The van der Waals surface area contributed by atoms with Crippen LogP contribution in [0.15, 0.2) is 54.7 Å². The van der Waals surface area contributed by atoms with Gasteiger partial charge in [-0.05, 0) is 29.3 Å². The van der Waals surface area contributed by atoms with Gasteiger partial charge in [-0.25, -0.2) is 4.39 Å². The van der Waals surface area contributed by atoms with E-state index in [-0.39, 0.29) is 5.78 Å². The highest BCUT2D eigenvalue weighted by molar-refractivity contribution is 5.89. The molecule has 2 heterocycles. The molecule has 0 bridgehead atoms. The van der Waals surface area contributed by atoms with Crippen molar-refractivity contribution in [1.29, 1.82) is 10.5 Å². The quantitative estimate of drug-likeness (QED) is 0.838. The molecule has 2 aliphatic rings. The maximum Gasteiger partial charge on any atom is 0.212 e. The summed E-state index contributed by atoms with van der Waals surface area (Å²) in [6.45, 7) is 5.52. The first kappa shape index (κ1) is 20.0. The van der Waals surface area contributed by atoms with E-state index in [0.717, 1.165) is 16.0 Å². The Bertz CT molecular complexity index is 1120. The summed E-state index contributed by atoms with van der Waals surface area (Å²) in [5.41, 5.74) is 0.106. The van der Waals surface area contributed by atoms with Crippen LogP contribution in [0.4, 0.5) is 4.39 Å². The lowest BCUT2D eigenvalue weighted by Gasteiger charge is -2.31. The molecule has 150 valence electrons. The third-order valence-electron chi connectivity index (χ3n) is 6.33. The van der Waals surface area contributed by atoms with Gasteiger partial charge in [0.25, 0.3) is 0 Å². The van der Waals surface area contributed by atoms with Crippen molar-refractivity contribution in [1.82, 2.24) is 0 Å². The van der Waals surface area contributed by atoms with Crippen molar-refractivity contribution in [3.8, 4) is 12.1 Å². The molecule has 4 nitrogen and oxygen atoms in total. The van der Waals surface area contributed by atoms with Crippen LogP contribution in [-0.4, -0.2) is 11.8 Å². The molecular formula is C25H23FN3O+. The Labute approximate surface area is 175 Å². The van der Waals surface area contributed by atoms with Gasteiger partial charge in [0.1, 0.15) is 5.82 Å². The van der Waals surface area contributed by atoms with Gasteiger partial charge < -0.3 is 0 Å². The number of carbonyl (C=O) groups excluding carboxylic acids is 1. The van der Waals surface area contributed by atoms with Gasteiger partial charge in [0.15, 0.2) is 17.9 Å². The number of Topliss-reactive ketones (excluding diaryl/α,β-unsaturated/α-hetero) is 1. The van der Waals surface area contributed by atoms with E-state index >= 15 is 0 Å². The van der Waals surface area contributed by atoms with Crippen LogP contribution in [0.5, 0.6) is 0 Å². The van der Waals surface area contributed by atoms with Crippen LogP contribution in [0.25, 0.3) is 6.08 Å². The number of benzene rings is 2.